The van der Waals surface area contributed by atoms with Gasteiger partial charge in [-0.2, -0.15) is 0 Å². The zero-order valence-corrected chi connectivity index (χ0v) is 9.62. The summed E-state index contributed by atoms with van der Waals surface area (Å²) < 4.78 is 15.4. The maximum Gasteiger partial charge on any atom is 0.366 e. The van der Waals surface area contributed by atoms with Crippen molar-refractivity contribution in [3.8, 4) is 0 Å². The third kappa shape index (κ3) is 6.14. The van der Waals surface area contributed by atoms with E-state index in [0.29, 0.717) is 0 Å². The van der Waals surface area contributed by atoms with E-state index in [-0.39, 0.29) is 18.5 Å². The van der Waals surface area contributed by atoms with Crippen LogP contribution in [0.1, 0.15) is 13.3 Å². The first kappa shape index (κ1) is 14.0. The monoisotopic (exact) mass is 236 g/mol. The third-order valence-corrected chi connectivity index (χ3v) is 2.76. The van der Waals surface area contributed by atoms with Gasteiger partial charge >= 0.3 is 13.8 Å². The fourth-order valence-corrected chi connectivity index (χ4v) is 1.67. The van der Waals surface area contributed by atoms with E-state index in [0.717, 1.165) is 0 Å². The van der Waals surface area contributed by atoms with E-state index < -0.39 is 26.2 Å². The molecule has 0 saturated carbocycles. The topological polar surface area (TPSA) is 92.7 Å². The molecule has 0 aromatic carbocycles. The van der Waals surface area contributed by atoms with Crippen molar-refractivity contribution in [2.24, 2.45) is 0 Å². The van der Waals surface area contributed by atoms with Crippen LogP contribution in [0, 0.1) is 0 Å². The molecule has 1 unspecified atom stereocenters. The van der Waals surface area contributed by atoms with E-state index in [4.69, 9.17) is 5.11 Å². The van der Waals surface area contributed by atoms with E-state index in [1.807, 2.05) is 0 Å². The molecule has 6 nitrogen and oxygen atoms in total. The first-order chi connectivity index (χ1) is 7.01. The standard InChI is InChI=1S/C8H14NO5P/c1-6(11)9-7(8(12)14-2)3-4-15(13)5-10/h7,10H,3-5H2,1-2H3/p+1/t7-/m0/s1. The lowest BCUT2D eigenvalue weighted by Gasteiger charge is -2.12. The van der Waals surface area contributed by atoms with Crippen molar-refractivity contribution in [2.75, 3.05) is 19.6 Å². The van der Waals surface area contributed by atoms with Gasteiger partial charge in [0.25, 0.3) is 0 Å². The summed E-state index contributed by atoms with van der Waals surface area (Å²) in [5.74, 6) is -0.934. The molecule has 86 valence electrons. The van der Waals surface area contributed by atoms with Crippen LogP contribution in [0.2, 0.25) is 0 Å². The molecule has 0 fully saturated rings. The SMILES string of the molecule is COC(=O)[C@H](CC[P+](=O)CO)NC(C)=O. The van der Waals surface area contributed by atoms with Gasteiger partial charge in [0.05, 0.1) is 7.11 Å². The van der Waals surface area contributed by atoms with Crippen molar-refractivity contribution in [2.45, 2.75) is 19.4 Å². The number of esters is 1. The predicted octanol–water partition coefficient (Wildman–Crippen LogP) is -0.169. The van der Waals surface area contributed by atoms with Crippen LogP contribution in [0.25, 0.3) is 0 Å². The lowest BCUT2D eigenvalue weighted by atomic mass is 10.2. The molecule has 0 bridgehead atoms. The third-order valence-electron chi connectivity index (χ3n) is 1.69. The number of hydrogen-bond donors (Lipinski definition) is 2. The lowest BCUT2D eigenvalue weighted by molar-refractivity contribution is -0.144. The molecule has 0 aliphatic carbocycles. The molecule has 0 spiro atoms. The number of amides is 1. The first-order valence-corrected chi connectivity index (χ1v) is 6.02. The predicted molar refractivity (Wildman–Crippen MR) is 53.8 cm³/mol. The molecule has 0 aromatic rings. The molecule has 0 aromatic heterocycles. The Morgan fingerprint density at radius 3 is 2.53 bits per heavy atom. The van der Waals surface area contributed by atoms with Crippen molar-refractivity contribution < 1.29 is 24.0 Å². The minimum Gasteiger partial charge on any atom is -0.467 e. The molecular formula is C8H15NO5P+. The molecule has 15 heavy (non-hydrogen) atoms. The number of ether oxygens (including phenoxy) is 1. The number of hydrogen-bond acceptors (Lipinski definition) is 5. The summed E-state index contributed by atoms with van der Waals surface area (Å²) >= 11 is 0. The molecule has 0 rings (SSSR count). The number of carbonyl (C=O) groups excluding carboxylic acids is 2. The van der Waals surface area contributed by atoms with Crippen LogP contribution in [0.5, 0.6) is 0 Å². The van der Waals surface area contributed by atoms with Gasteiger partial charge in [0, 0.05) is 13.3 Å². The van der Waals surface area contributed by atoms with Crippen molar-refractivity contribution in [1.29, 1.82) is 0 Å². The van der Waals surface area contributed by atoms with E-state index in [9.17, 15) is 14.2 Å². The highest BCUT2D eigenvalue weighted by molar-refractivity contribution is 7.44. The number of methoxy groups -OCH3 is 1. The quantitative estimate of drug-likeness (QED) is 0.493. The number of aliphatic hydroxyl groups excluding tert-OH is 1. The Morgan fingerprint density at radius 1 is 1.53 bits per heavy atom. The Morgan fingerprint density at radius 2 is 2.13 bits per heavy atom. The second kappa shape index (κ2) is 7.31. The largest absolute Gasteiger partial charge is 0.467 e. The van der Waals surface area contributed by atoms with Gasteiger partial charge in [-0.15, -0.1) is 0 Å². The lowest BCUT2D eigenvalue weighted by Crippen LogP contribution is -2.40. The summed E-state index contributed by atoms with van der Waals surface area (Å²) in [7, 11) is -0.508. The highest BCUT2D eigenvalue weighted by Gasteiger charge is 2.24. The minimum absolute atomic E-state index is 0.172. The summed E-state index contributed by atoms with van der Waals surface area (Å²) in [4.78, 5) is 21.9. The number of carbonyl (C=O) groups is 2. The molecule has 0 aliphatic heterocycles. The van der Waals surface area contributed by atoms with Crippen molar-refractivity contribution in [1.82, 2.24) is 5.32 Å². The van der Waals surface area contributed by atoms with Gasteiger partial charge in [-0.05, 0) is 0 Å². The van der Waals surface area contributed by atoms with Crippen LogP contribution in [-0.4, -0.2) is 42.6 Å². The van der Waals surface area contributed by atoms with Crippen molar-refractivity contribution in [3.05, 3.63) is 0 Å². The Labute approximate surface area is 88.8 Å². The Bertz CT molecular complexity index is 255. The molecule has 2 N–H and O–H groups in total. The summed E-state index contributed by atoms with van der Waals surface area (Å²) in [6.07, 6.45) is -0.0444. The highest BCUT2D eigenvalue weighted by Crippen LogP contribution is 2.20. The summed E-state index contributed by atoms with van der Waals surface area (Å²) in [6, 6.07) is -0.794. The maximum absolute atomic E-state index is 11.2. The van der Waals surface area contributed by atoms with Gasteiger partial charge < -0.3 is 15.2 Å². The molecule has 2 atom stereocenters. The van der Waals surface area contributed by atoms with Crippen molar-refractivity contribution >= 4 is 19.7 Å². The molecule has 0 saturated heterocycles. The van der Waals surface area contributed by atoms with Crippen LogP contribution in [0.3, 0.4) is 0 Å². The first-order valence-electron chi connectivity index (χ1n) is 4.39. The molecular weight excluding hydrogens is 221 g/mol. The molecule has 1 amide bonds. The van der Waals surface area contributed by atoms with Gasteiger partial charge in [-0.1, -0.05) is 4.57 Å². The average molecular weight is 236 g/mol. The van der Waals surface area contributed by atoms with Gasteiger partial charge in [0.1, 0.15) is 6.04 Å². The average Bonchev–Trinajstić information content (AvgIpc) is 2.21. The Kier molecular flexibility index (Phi) is 6.83. The molecule has 0 heterocycles. The molecule has 0 aliphatic rings. The van der Waals surface area contributed by atoms with Crippen LogP contribution in [0.4, 0.5) is 0 Å². The second-order valence-corrected chi connectivity index (χ2v) is 4.61. The zero-order valence-electron chi connectivity index (χ0n) is 8.73. The fraction of sp³-hybridized carbons (Fsp3) is 0.750. The van der Waals surface area contributed by atoms with E-state index in [1.165, 1.54) is 14.0 Å². The van der Waals surface area contributed by atoms with E-state index in [1.54, 1.807) is 0 Å². The van der Waals surface area contributed by atoms with Gasteiger partial charge in [0.15, 0.2) is 6.16 Å². The van der Waals surface area contributed by atoms with Crippen LogP contribution in [0.15, 0.2) is 0 Å². The Hall–Kier alpha value is -1.00. The van der Waals surface area contributed by atoms with E-state index >= 15 is 0 Å². The summed E-state index contributed by atoms with van der Waals surface area (Å²) in [5, 5.41) is 10.9. The smallest absolute Gasteiger partial charge is 0.366 e. The number of rotatable bonds is 6. The van der Waals surface area contributed by atoms with Crippen LogP contribution >= 0.6 is 7.80 Å². The van der Waals surface area contributed by atoms with Gasteiger partial charge in [0.2, 0.25) is 12.3 Å². The number of nitrogens with one attached hydrogen (secondary N) is 1. The normalized spacial score (nSPS) is 12.9. The maximum atomic E-state index is 11.2. The highest BCUT2D eigenvalue weighted by atomic mass is 31.1. The van der Waals surface area contributed by atoms with E-state index in [2.05, 4.69) is 10.1 Å². The minimum atomic E-state index is -1.72. The zero-order chi connectivity index (χ0) is 11.8. The van der Waals surface area contributed by atoms with Crippen LogP contribution in [-0.2, 0) is 18.9 Å². The fourth-order valence-electron chi connectivity index (χ4n) is 0.980. The molecule has 0 radical (unpaired) electrons. The second-order valence-electron chi connectivity index (χ2n) is 2.91. The van der Waals surface area contributed by atoms with Gasteiger partial charge in [-0.25, -0.2) is 4.79 Å². The van der Waals surface area contributed by atoms with Crippen molar-refractivity contribution in [3.63, 3.8) is 0 Å². The van der Waals surface area contributed by atoms with Gasteiger partial charge in [-0.3, -0.25) is 4.79 Å². The summed E-state index contributed by atoms with van der Waals surface area (Å²) in [6.45, 7) is 1.28. The summed E-state index contributed by atoms with van der Waals surface area (Å²) in [5.41, 5.74) is 0. The van der Waals surface area contributed by atoms with Crippen LogP contribution < -0.4 is 5.32 Å². The number of aliphatic hydroxyl groups is 1. The Balaban J connectivity index is 4.18. The molecule has 7 heteroatoms.